The fraction of sp³-hybridized carbons (Fsp3) is 0.400. The second-order valence-electron chi connectivity index (χ2n) is 2.92. The number of aromatic hydroxyl groups is 1. The Morgan fingerprint density at radius 1 is 1.33 bits per heavy atom. The van der Waals surface area contributed by atoms with Gasteiger partial charge >= 0.3 is 83.9 Å². The SMILES string of the molecule is C[Te]C(C)Cc1ccc(O)cc1. The molecule has 1 nitrogen and oxygen atoms in total. The molecule has 0 aliphatic rings. The normalized spacial score (nSPS) is 12.8. The van der Waals surface area contributed by atoms with Crippen LogP contribution in [0.1, 0.15) is 12.5 Å². The van der Waals surface area contributed by atoms with Crippen molar-refractivity contribution in [2.75, 3.05) is 0 Å². The number of benzene rings is 1. The van der Waals surface area contributed by atoms with Crippen molar-refractivity contribution in [3.8, 4) is 5.75 Å². The van der Waals surface area contributed by atoms with Crippen molar-refractivity contribution in [1.29, 1.82) is 0 Å². The maximum atomic E-state index is 9.06. The molecule has 0 aliphatic carbocycles. The number of hydrogen-bond donors (Lipinski definition) is 1. The molecule has 0 amide bonds. The molecule has 0 spiro atoms. The molecule has 66 valence electrons. The molecule has 0 saturated carbocycles. The fourth-order valence-corrected chi connectivity index (χ4v) is 2.07. The van der Waals surface area contributed by atoms with E-state index in [1.54, 1.807) is 12.1 Å². The van der Waals surface area contributed by atoms with E-state index in [-0.39, 0.29) is 20.9 Å². The van der Waals surface area contributed by atoms with Gasteiger partial charge in [0.15, 0.2) is 0 Å². The summed E-state index contributed by atoms with van der Waals surface area (Å²) in [6, 6.07) is 7.54. The van der Waals surface area contributed by atoms with Gasteiger partial charge in [-0.05, 0) is 0 Å². The van der Waals surface area contributed by atoms with E-state index in [1.165, 1.54) is 12.0 Å². The fourth-order valence-electron chi connectivity index (χ4n) is 1.05. The van der Waals surface area contributed by atoms with Crippen molar-refractivity contribution in [3.63, 3.8) is 0 Å². The second-order valence-corrected chi connectivity index (χ2v) is 6.56. The molecular formula is C10H14OTe. The molecule has 1 atom stereocenters. The third kappa shape index (κ3) is 3.05. The Bertz CT molecular complexity index is 230. The Morgan fingerprint density at radius 2 is 1.92 bits per heavy atom. The van der Waals surface area contributed by atoms with Crippen LogP contribution in [0.15, 0.2) is 24.3 Å². The molecule has 0 aromatic heterocycles. The van der Waals surface area contributed by atoms with E-state index < -0.39 is 0 Å². The van der Waals surface area contributed by atoms with Crippen LogP contribution in [0.3, 0.4) is 0 Å². The van der Waals surface area contributed by atoms with Gasteiger partial charge in [0.2, 0.25) is 0 Å². The van der Waals surface area contributed by atoms with E-state index >= 15 is 0 Å². The molecule has 0 bridgehead atoms. The summed E-state index contributed by atoms with van der Waals surface area (Å²) < 4.78 is 0.861. The summed E-state index contributed by atoms with van der Waals surface area (Å²) >= 11 is 0.192. The van der Waals surface area contributed by atoms with Gasteiger partial charge in [0.05, 0.1) is 0 Å². The maximum absolute atomic E-state index is 9.06. The topological polar surface area (TPSA) is 20.2 Å². The Labute approximate surface area is 83.9 Å². The van der Waals surface area contributed by atoms with Crippen LogP contribution in [0.2, 0.25) is 8.94 Å². The third-order valence-corrected chi connectivity index (χ3v) is 4.63. The molecule has 0 fully saturated rings. The summed E-state index contributed by atoms with van der Waals surface area (Å²) in [6.45, 7) is 2.30. The van der Waals surface area contributed by atoms with Crippen LogP contribution >= 0.6 is 0 Å². The van der Waals surface area contributed by atoms with Crippen LogP contribution in [-0.2, 0) is 6.42 Å². The van der Waals surface area contributed by atoms with E-state index in [4.69, 9.17) is 5.11 Å². The zero-order valence-electron chi connectivity index (χ0n) is 7.45. The van der Waals surface area contributed by atoms with Crippen molar-refractivity contribution in [1.82, 2.24) is 0 Å². The molecule has 1 aromatic carbocycles. The van der Waals surface area contributed by atoms with Gasteiger partial charge in [0.25, 0.3) is 0 Å². The number of phenols is 1. The van der Waals surface area contributed by atoms with Crippen LogP contribution < -0.4 is 0 Å². The van der Waals surface area contributed by atoms with E-state index in [2.05, 4.69) is 11.9 Å². The molecule has 1 aromatic rings. The van der Waals surface area contributed by atoms with E-state index in [9.17, 15) is 0 Å². The molecule has 2 heteroatoms. The van der Waals surface area contributed by atoms with E-state index in [0.717, 1.165) is 3.97 Å². The minimum absolute atomic E-state index is 0.192. The summed E-state index contributed by atoms with van der Waals surface area (Å²) in [5, 5.41) is 9.06. The van der Waals surface area contributed by atoms with Gasteiger partial charge in [-0.25, -0.2) is 0 Å². The van der Waals surface area contributed by atoms with Gasteiger partial charge in [-0.2, -0.15) is 0 Å². The van der Waals surface area contributed by atoms with E-state index in [1.807, 2.05) is 12.1 Å². The van der Waals surface area contributed by atoms with Crippen molar-refractivity contribution in [2.24, 2.45) is 0 Å². The number of phenolic OH excluding ortho intramolecular Hbond substituents is 1. The predicted octanol–water partition coefficient (Wildman–Crippen LogP) is 2.50. The average Bonchev–Trinajstić information content (AvgIpc) is 2.09. The number of hydrogen-bond acceptors (Lipinski definition) is 1. The second kappa shape index (κ2) is 4.74. The summed E-state index contributed by atoms with van der Waals surface area (Å²) in [7, 11) is 0. The Morgan fingerprint density at radius 3 is 2.42 bits per heavy atom. The first-order chi connectivity index (χ1) is 5.72. The zero-order chi connectivity index (χ0) is 8.97. The molecule has 12 heavy (non-hydrogen) atoms. The van der Waals surface area contributed by atoms with Crippen LogP contribution in [0.5, 0.6) is 5.75 Å². The minimum atomic E-state index is 0.192. The zero-order valence-corrected chi connectivity index (χ0v) is 9.78. The van der Waals surface area contributed by atoms with Gasteiger partial charge in [0, 0.05) is 0 Å². The van der Waals surface area contributed by atoms with Crippen molar-refractivity contribution >= 4 is 20.9 Å². The van der Waals surface area contributed by atoms with Gasteiger partial charge in [-0.1, -0.05) is 0 Å². The van der Waals surface area contributed by atoms with E-state index in [0.29, 0.717) is 5.75 Å². The summed E-state index contributed by atoms with van der Waals surface area (Å²) in [5.74, 6) is 0.361. The van der Waals surface area contributed by atoms with Gasteiger partial charge < -0.3 is 0 Å². The van der Waals surface area contributed by atoms with Crippen molar-refractivity contribution < 1.29 is 5.11 Å². The van der Waals surface area contributed by atoms with Crippen LogP contribution in [0.4, 0.5) is 0 Å². The number of rotatable bonds is 3. The Balaban J connectivity index is 2.58. The van der Waals surface area contributed by atoms with Crippen molar-refractivity contribution in [2.45, 2.75) is 22.3 Å². The monoisotopic (exact) mass is 280 g/mol. The van der Waals surface area contributed by atoms with Crippen molar-refractivity contribution in [3.05, 3.63) is 29.8 Å². The molecule has 0 aliphatic heterocycles. The standard InChI is InChI=1S/C10H14OTe/c1-8(12-2)7-9-3-5-10(11)6-4-9/h3-6,8,11H,7H2,1-2H3. The molecule has 1 rings (SSSR count). The quantitative estimate of drug-likeness (QED) is 0.842. The van der Waals surface area contributed by atoms with Gasteiger partial charge in [-0.3, -0.25) is 0 Å². The Hall–Kier alpha value is -0.190. The first kappa shape index (κ1) is 9.89. The Kier molecular flexibility index (Phi) is 3.91. The van der Waals surface area contributed by atoms with Gasteiger partial charge in [-0.15, -0.1) is 0 Å². The summed E-state index contributed by atoms with van der Waals surface area (Å²) in [5.41, 5.74) is 1.34. The average molecular weight is 278 g/mol. The molecule has 0 heterocycles. The molecule has 1 N–H and O–H groups in total. The first-order valence-corrected chi connectivity index (χ1v) is 7.70. The molecular weight excluding hydrogens is 264 g/mol. The van der Waals surface area contributed by atoms with Gasteiger partial charge in [0.1, 0.15) is 0 Å². The first-order valence-electron chi connectivity index (χ1n) is 4.03. The van der Waals surface area contributed by atoms with Crippen LogP contribution in [0, 0.1) is 0 Å². The molecule has 0 radical (unpaired) electrons. The summed E-state index contributed by atoms with van der Waals surface area (Å²) in [6.07, 6.45) is 1.17. The summed E-state index contributed by atoms with van der Waals surface area (Å²) in [4.78, 5) is 2.33. The third-order valence-electron chi connectivity index (χ3n) is 1.86. The van der Waals surface area contributed by atoms with Crippen LogP contribution in [-0.4, -0.2) is 26.0 Å². The predicted molar refractivity (Wildman–Crippen MR) is 52.9 cm³/mol. The molecule has 1 unspecified atom stereocenters. The van der Waals surface area contributed by atoms with Crippen LogP contribution in [0.25, 0.3) is 0 Å². The molecule has 0 saturated heterocycles.